The van der Waals surface area contributed by atoms with Crippen LogP contribution in [0.1, 0.15) is 54.2 Å². The standard InChI is InChI=1S/C32H34BrN3O5/c1-18-13-19(2)27(20(3)14-18)24-9-7-8-10-25(24)34-28(37)29(38)35-26-11-12-36(30(26)39)23-16-21(15-22(33)17-23)31(40)41-32(4,5)6/h7-10,13-17,26H,11-12H2,1-6H3,(H,34,37)(H,35,38). The summed E-state index contributed by atoms with van der Waals surface area (Å²) in [5.41, 5.74) is 5.69. The number of anilines is 2. The predicted octanol–water partition coefficient (Wildman–Crippen LogP) is 5.86. The lowest BCUT2D eigenvalue weighted by atomic mass is 9.93. The molecule has 3 aromatic carbocycles. The number of amides is 3. The van der Waals surface area contributed by atoms with E-state index in [0.717, 1.165) is 27.8 Å². The highest BCUT2D eigenvalue weighted by Crippen LogP contribution is 2.34. The molecule has 0 bridgehead atoms. The maximum atomic E-state index is 13.2. The number of esters is 1. The molecule has 3 aromatic rings. The Morgan fingerprint density at radius 3 is 2.27 bits per heavy atom. The monoisotopic (exact) mass is 619 g/mol. The number of ether oxygens (including phenoxy) is 1. The molecule has 1 heterocycles. The van der Waals surface area contributed by atoms with Crippen LogP contribution in [0.3, 0.4) is 0 Å². The molecule has 0 saturated carbocycles. The Balaban J connectivity index is 1.46. The summed E-state index contributed by atoms with van der Waals surface area (Å²) >= 11 is 3.40. The van der Waals surface area contributed by atoms with E-state index in [4.69, 9.17) is 4.74 Å². The van der Waals surface area contributed by atoms with Crippen molar-refractivity contribution in [3.05, 3.63) is 81.3 Å². The summed E-state index contributed by atoms with van der Waals surface area (Å²) in [7, 11) is 0. The predicted molar refractivity (Wildman–Crippen MR) is 163 cm³/mol. The Bertz CT molecular complexity index is 1520. The molecule has 1 aliphatic heterocycles. The van der Waals surface area contributed by atoms with Gasteiger partial charge in [-0.1, -0.05) is 51.8 Å². The number of nitrogens with zero attached hydrogens (tertiary/aromatic N) is 1. The molecule has 1 unspecified atom stereocenters. The van der Waals surface area contributed by atoms with Crippen LogP contribution >= 0.6 is 15.9 Å². The van der Waals surface area contributed by atoms with Gasteiger partial charge in [-0.15, -0.1) is 0 Å². The van der Waals surface area contributed by atoms with Gasteiger partial charge in [0.2, 0.25) is 5.91 Å². The first-order valence-corrected chi connectivity index (χ1v) is 14.2. The number of hydrogen-bond acceptors (Lipinski definition) is 5. The zero-order valence-corrected chi connectivity index (χ0v) is 25.6. The van der Waals surface area contributed by atoms with Crippen LogP contribution in [0.25, 0.3) is 11.1 Å². The highest BCUT2D eigenvalue weighted by molar-refractivity contribution is 9.10. The van der Waals surface area contributed by atoms with Gasteiger partial charge in [-0.25, -0.2) is 4.79 Å². The second-order valence-electron chi connectivity index (χ2n) is 11.3. The van der Waals surface area contributed by atoms with Gasteiger partial charge in [-0.05, 0) is 88.9 Å². The average molecular weight is 621 g/mol. The van der Waals surface area contributed by atoms with Gasteiger partial charge in [0, 0.05) is 28.0 Å². The maximum Gasteiger partial charge on any atom is 0.338 e. The second-order valence-corrected chi connectivity index (χ2v) is 12.2. The van der Waals surface area contributed by atoms with E-state index in [1.165, 1.54) is 4.90 Å². The van der Waals surface area contributed by atoms with Crippen molar-refractivity contribution in [2.45, 2.75) is 59.6 Å². The normalized spacial score (nSPS) is 15.0. The Morgan fingerprint density at radius 2 is 1.61 bits per heavy atom. The molecular weight excluding hydrogens is 586 g/mol. The number of carbonyl (C=O) groups excluding carboxylic acids is 4. The van der Waals surface area contributed by atoms with Crippen molar-refractivity contribution in [1.82, 2.24) is 5.32 Å². The number of hydrogen-bond donors (Lipinski definition) is 2. The van der Waals surface area contributed by atoms with Gasteiger partial charge in [0.25, 0.3) is 0 Å². The first kappa shape index (κ1) is 30.0. The van der Waals surface area contributed by atoms with Crippen molar-refractivity contribution in [3.8, 4) is 11.1 Å². The van der Waals surface area contributed by atoms with E-state index in [1.807, 2.05) is 32.9 Å². The fraction of sp³-hybridized carbons (Fsp3) is 0.312. The second kappa shape index (κ2) is 11.9. The number of nitrogens with one attached hydrogen (secondary N) is 2. The number of rotatable bonds is 5. The lowest BCUT2D eigenvalue weighted by molar-refractivity contribution is -0.137. The third kappa shape index (κ3) is 7.03. The molecule has 4 rings (SSSR count). The van der Waals surface area contributed by atoms with E-state index in [-0.39, 0.29) is 5.91 Å². The lowest BCUT2D eigenvalue weighted by Gasteiger charge is -2.21. The molecule has 3 amide bonds. The van der Waals surface area contributed by atoms with Crippen LogP contribution in [0.5, 0.6) is 0 Å². The molecule has 0 radical (unpaired) electrons. The molecule has 2 N–H and O–H groups in total. The minimum absolute atomic E-state index is 0.293. The van der Waals surface area contributed by atoms with Crippen molar-refractivity contribution in [1.29, 1.82) is 0 Å². The summed E-state index contributed by atoms with van der Waals surface area (Å²) in [5, 5.41) is 5.30. The first-order chi connectivity index (χ1) is 19.2. The van der Waals surface area contributed by atoms with Crippen molar-refractivity contribution < 1.29 is 23.9 Å². The van der Waals surface area contributed by atoms with Crippen molar-refractivity contribution in [2.75, 3.05) is 16.8 Å². The van der Waals surface area contributed by atoms with E-state index in [1.54, 1.807) is 51.1 Å². The highest BCUT2D eigenvalue weighted by Gasteiger charge is 2.35. The van der Waals surface area contributed by atoms with Gasteiger partial charge in [-0.2, -0.15) is 0 Å². The zero-order valence-electron chi connectivity index (χ0n) is 24.1. The van der Waals surface area contributed by atoms with Gasteiger partial charge in [0.1, 0.15) is 11.6 Å². The van der Waals surface area contributed by atoms with E-state index in [0.29, 0.717) is 34.4 Å². The Morgan fingerprint density at radius 1 is 0.951 bits per heavy atom. The third-order valence-corrected chi connectivity index (χ3v) is 7.13. The molecule has 9 heteroatoms. The summed E-state index contributed by atoms with van der Waals surface area (Å²) in [4.78, 5) is 53.2. The average Bonchev–Trinajstić information content (AvgIpc) is 3.22. The molecule has 1 atom stereocenters. The van der Waals surface area contributed by atoms with Gasteiger partial charge in [0.05, 0.1) is 5.56 Å². The van der Waals surface area contributed by atoms with E-state index >= 15 is 0 Å². The fourth-order valence-electron chi connectivity index (χ4n) is 5.07. The smallest absolute Gasteiger partial charge is 0.338 e. The van der Waals surface area contributed by atoms with Crippen LogP contribution in [0, 0.1) is 20.8 Å². The molecule has 8 nitrogen and oxygen atoms in total. The highest BCUT2D eigenvalue weighted by atomic mass is 79.9. The first-order valence-electron chi connectivity index (χ1n) is 13.4. The summed E-state index contributed by atoms with van der Waals surface area (Å²) in [5.74, 6) is -2.64. The summed E-state index contributed by atoms with van der Waals surface area (Å²) < 4.78 is 6.07. The topological polar surface area (TPSA) is 105 Å². The van der Waals surface area contributed by atoms with E-state index in [2.05, 4.69) is 38.7 Å². The molecule has 0 spiro atoms. The van der Waals surface area contributed by atoms with Crippen LogP contribution in [0.4, 0.5) is 11.4 Å². The third-order valence-electron chi connectivity index (χ3n) is 6.67. The van der Waals surface area contributed by atoms with Gasteiger partial charge in [0.15, 0.2) is 0 Å². The summed E-state index contributed by atoms with van der Waals surface area (Å²) in [6, 6.07) is 15.5. The van der Waals surface area contributed by atoms with E-state index in [9.17, 15) is 19.2 Å². The van der Waals surface area contributed by atoms with Crippen molar-refractivity contribution in [2.24, 2.45) is 0 Å². The molecule has 0 aliphatic carbocycles. The SMILES string of the molecule is Cc1cc(C)c(-c2ccccc2NC(=O)C(=O)NC2CCN(c3cc(Br)cc(C(=O)OC(C)(C)C)c3)C2=O)c(C)c1. The number of halogens is 1. The van der Waals surface area contributed by atoms with Crippen molar-refractivity contribution >= 4 is 51.0 Å². The van der Waals surface area contributed by atoms with Crippen LogP contribution < -0.4 is 15.5 Å². The lowest BCUT2D eigenvalue weighted by Crippen LogP contribution is -2.46. The molecule has 214 valence electrons. The van der Waals surface area contributed by atoms with Crippen LogP contribution in [-0.4, -0.2) is 41.9 Å². The van der Waals surface area contributed by atoms with Gasteiger partial charge in [-0.3, -0.25) is 14.4 Å². The summed E-state index contributed by atoms with van der Waals surface area (Å²) in [6.45, 7) is 11.7. The number of carbonyl (C=O) groups is 4. The maximum absolute atomic E-state index is 13.2. The van der Waals surface area contributed by atoms with Gasteiger partial charge >= 0.3 is 17.8 Å². The molecule has 1 fully saturated rings. The van der Waals surface area contributed by atoms with Crippen LogP contribution in [0.15, 0.2) is 59.1 Å². The fourth-order valence-corrected chi connectivity index (χ4v) is 5.55. The summed E-state index contributed by atoms with van der Waals surface area (Å²) in [6.07, 6.45) is 0.310. The molecule has 1 aliphatic rings. The van der Waals surface area contributed by atoms with Crippen molar-refractivity contribution in [3.63, 3.8) is 0 Å². The number of aryl methyl sites for hydroxylation is 3. The Hall–Kier alpha value is -3.98. The van der Waals surface area contributed by atoms with Gasteiger partial charge < -0.3 is 20.3 Å². The number of para-hydroxylation sites is 1. The minimum atomic E-state index is -0.902. The molecule has 1 saturated heterocycles. The molecular formula is C32H34BrN3O5. The molecule has 0 aromatic heterocycles. The minimum Gasteiger partial charge on any atom is -0.456 e. The van der Waals surface area contributed by atoms with E-state index < -0.39 is 29.4 Å². The van der Waals surface area contributed by atoms with Crippen LogP contribution in [0.2, 0.25) is 0 Å². The quantitative estimate of drug-likeness (QED) is 0.275. The zero-order chi connectivity index (χ0) is 30.1. The molecule has 41 heavy (non-hydrogen) atoms. The number of benzene rings is 3. The Labute approximate surface area is 248 Å². The Kier molecular flexibility index (Phi) is 8.68. The van der Waals surface area contributed by atoms with Crippen LogP contribution in [-0.2, 0) is 19.1 Å². The largest absolute Gasteiger partial charge is 0.456 e.